The zero-order valence-corrected chi connectivity index (χ0v) is 17.1. The summed E-state index contributed by atoms with van der Waals surface area (Å²) in [6, 6.07) is 12.3. The topological polar surface area (TPSA) is 83.9 Å². The van der Waals surface area contributed by atoms with Gasteiger partial charge in [0.25, 0.3) is 0 Å². The number of carboxylic acid groups (broad SMARTS) is 1. The summed E-state index contributed by atoms with van der Waals surface area (Å²) in [5.74, 6) is -1.69. The standard InChI is InChI=1S/C20H21ClFNO5S/c1-15(22)13-19(20(24)25)23(14-16-5-3-2-4-6-16)29(26,27)18-9-7-17(8-10-18)28-12-11-21/h2-10,19H,1,11-14H2,(H,24,25)/t19-/m0/s1. The first-order valence-corrected chi connectivity index (χ1v) is 10.6. The molecule has 0 heterocycles. The van der Waals surface area contributed by atoms with Crippen molar-refractivity contribution >= 4 is 27.6 Å². The molecule has 0 spiro atoms. The summed E-state index contributed by atoms with van der Waals surface area (Å²) in [7, 11) is -4.26. The predicted molar refractivity (Wildman–Crippen MR) is 108 cm³/mol. The highest BCUT2D eigenvalue weighted by molar-refractivity contribution is 7.89. The van der Waals surface area contributed by atoms with Crippen molar-refractivity contribution in [1.82, 2.24) is 4.31 Å². The molecule has 0 radical (unpaired) electrons. The molecule has 0 amide bonds. The Labute approximate surface area is 174 Å². The minimum atomic E-state index is -4.26. The third-order valence-electron chi connectivity index (χ3n) is 4.00. The zero-order chi connectivity index (χ0) is 21.4. The summed E-state index contributed by atoms with van der Waals surface area (Å²) < 4.78 is 46.0. The second-order valence-electron chi connectivity index (χ2n) is 6.12. The summed E-state index contributed by atoms with van der Waals surface area (Å²) in [6.07, 6.45) is -0.654. The van der Waals surface area contributed by atoms with Gasteiger partial charge in [0.05, 0.1) is 16.6 Å². The van der Waals surface area contributed by atoms with Gasteiger partial charge in [-0.3, -0.25) is 4.79 Å². The monoisotopic (exact) mass is 441 g/mol. The van der Waals surface area contributed by atoms with Crippen LogP contribution in [0.3, 0.4) is 0 Å². The van der Waals surface area contributed by atoms with E-state index < -0.39 is 34.3 Å². The number of nitrogens with zero attached hydrogens (tertiary/aromatic N) is 1. The maximum absolute atomic E-state index is 13.5. The fourth-order valence-electron chi connectivity index (χ4n) is 2.65. The SMILES string of the molecule is C=C(F)C[C@@H](C(=O)O)N(Cc1ccccc1)S(=O)(=O)c1ccc(OCCCl)cc1. The average molecular weight is 442 g/mol. The Bertz CT molecular complexity index is 935. The van der Waals surface area contributed by atoms with Gasteiger partial charge in [-0.25, -0.2) is 12.8 Å². The predicted octanol–water partition coefficient (Wildman–Crippen LogP) is 3.82. The third-order valence-corrected chi connectivity index (χ3v) is 6.03. The Morgan fingerprint density at radius 3 is 2.31 bits per heavy atom. The molecule has 156 valence electrons. The molecule has 2 aromatic rings. The normalized spacial score (nSPS) is 12.5. The van der Waals surface area contributed by atoms with Crippen molar-refractivity contribution in [1.29, 1.82) is 0 Å². The van der Waals surface area contributed by atoms with E-state index >= 15 is 0 Å². The summed E-state index contributed by atoms with van der Waals surface area (Å²) >= 11 is 5.56. The van der Waals surface area contributed by atoms with Crippen LogP contribution in [0.1, 0.15) is 12.0 Å². The van der Waals surface area contributed by atoms with E-state index in [0.29, 0.717) is 11.3 Å². The van der Waals surface area contributed by atoms with Crippen LogP contribution in [0.25, 0.3) is 0 Å². The van der Waals surface area contributed by atoms with Gasteiger partial charge in [0.1, 0.15) is 18.4 Å². The van der Waals surface area contributed by atoms with Gasteiger partial charge in [0.15, 0.2) is 0 Å². The summed E-state index contributed by atoms with van der Waals surface area (Å²) in [6.45, 7) is 3.10. The van der Waals surface area contributed by atoms with Crippen LogP contribution in [0.2, 0.25) is 0 Å². The molecule has 2 rings (SSSR count). The maximum Gasteiger partial charge on any atom is 0.322 e. The number of ether oxygens (including phenoxy) is 1. The van der Waals surface area contributed by atoms with E-state index in [9.17, 15) is 22.7 Å². The Morgan fingerprint density at radius 2 is 1.79 bits per heavy atom. The molecular formula is C20H21ClFNO5S. The van der Waals surface area contributed by atoms with E-state index in [1.807, 2.05) is 0 Å². The molecule has 0 saturated heterocycles. The molecule has 0 saturated carbocycles. The van der Waals surface area contributed by atoms with E-state index in [4.69, 9.17) is 16.3 Å². The zero-order valence-electron chi connectivity index (χ0n) is 15.5. The largest absolute Gasteiger partial charge is 0.492 e. The minimum Gasteiger partial charge on any atom is -0.492 e. The average Bonchev–Trinajstić information content (AvgIpc) is 2.69. The van der Waals surface area contributed by atoms with Crippen molar-refractivity contribution in [3.8, 4) is 5.75 Å². The molecule has 9 heteroatoms. The number of alkyl halides is 1. The van der Waals surface area contributed by atoms with Crippen LogP contribution in [0.15, 0.2) is 71.9 Å². The highest BCUT2D eigenvalue weighted by atomic mass is 35.5. The van der Waals surface area contributed by atoms with Gasteiger partial charge in [0.2, 0.25) is 10.0 Å². The number of sulfonamides is 1. The number of aliphatic carboxylic acids is 1. The highest BCUT2D eigenvalue weighted by Gasteiger charge is 2.36. The Balaban J connectivity index is 2.44. The number of benzene rings is 2. The van der Waals surface area contributed by atoms with Crippen LogP contribution in [-0.4, -0.2) is 42.3 Å². The first kappa shape index (κ1) is 22.9. The molecule has 2 aromatic carbocycles. The van der Waals surface area contributed by atoms with Crippen LogP contribution >= 0.6 is 11.6 Å². The molecule has 1 atom stereocenters. The number of rotatable bonds is 11. The summed E-state index contributed by atoms with van der Waals surface area (Å²) in [5, 5.41) is 9.58. The van der Waals surface area contributed by atoms with Crippen LogP contribution < -0.4 is 4.74 Å². The molecule has 0 aliphatic heterocycles. The van der Waals surface area contributed by atoms with Crippen molar-refractivity contribution < 1.29 is 27.4 Å². The van der Waals surface area contributed by atoms with Gasteiger partial charge in [0, 0.05) is 13.0 Å². The van der Waals surface area contributed by atoms with Gasteiger partial charge in [-0.15, -0.1) is 11.6 Å². The minimum absolute atomic E-state index is 0.137. The van der Waals surface area contributed by atoms with E-state index in [-0.39, 0.29) is 23.9 Å². The highest BCUT2D eigenvalue weighted by Crippen LogP contribution is 2.26. The Morgan fingerprint density at radius 1 is 1.17 bits per heavy atom. The van der Waals surface area contributed by atoms with Crippen molar-refractivity contribution in [2.75, 3.05) is 12.5 Å². The molecule has 0 aliphatic carbocycles. The molecule has 0 bridgehead atoms. The van der Waals surface area contributed by atoms with Gasteiger partial charge in [-0.05, 0) is 29.8 Å². The molecule has 0 unspecified atom stereocenters. The van der Waals surface area contributed by atoms with Crippen molar-refractivity contribution in [3.05, 3.63) is 72.6 Å². The molecule has 0 fully saturated rings. The number of carbonyl (C=O) groups is 1. The van der Waals surface area contributed by atoms with Crippen LogP contribution in [0.5, 0.6) is 5.75 Å². The molecule has 29 heavy (non-hydrogen) atoms. The number of halogens is 2. The number of hydrogen-bond donors (Lipinski definition) is 1. The summed E-state index contributed by atoms with van der Waals surface area (Å²) in [4.78, 5) is 11.6. The quantitative estimate of drug-likeness (QED) is 0.536. The smallest absolute Gasteiger partial charge is 0.322 e. The lowest BCUT2D eigenvalue weighted by molar-refractivity contribution is -0.141. The Kier molecular flexibility index (Phi) is 8.19. The first-order valence-electron chi connectivity index (χ1n) is 8.66. The molecular weight excluding hydrogens is 421 g/mol. The van der Waals surface area contributed by atoms with Gasteiger partial charge in [-0.2, -0.15) is 4.31 Å². The van der Waals surface area contributed by atoms with Crippen molar-refractivity contribution in [2.45, 2.75) is 23.9 Å². The second-order valence-corrected chi connectivity index (χ2v) is 8.39. The van der Waals surface area contributed by atoms with Crippen LogP contribution in [0.4, 0.5) is 4.39 Å². The second kappa shape index (κ2) is 10.4. The lowest BCUT2D eigenvalue weighted by atomic mass is 10.1. The van der Waals surface area contributed by atoms with Crippen LogP contribution in [0, 0.1) is 0 Å². The molecule has 6 nitrogen and oxygen atoms in total. The van der Waals surface area contributed by atoms with Crippen LogP contribution in [-0.2, 0) is 21.4 Å². The maximum atomic E-state index is 13.5. The van der Waals surface area contributed by atoms with Gasteiger partial charge in [-0.1, -0.05) is 36.9 Å². The van der Waals surface area contributed by atoms with E-state index in [2.05, 4.69) is 6.58 Å². The van der Waals surface area contributed by atoms with E-state index in [1.165, 1.54) is 24.3 Å². The summed E-state index contributed by atoms with van der Waals surface area (Å²) in [5.41, 5.74) is 0.564. The van der Waals surface area contributed by atoms with Gasteiger partial charge >= 0.3 is 5.97 Å². The number of carboxylic acids is 1. The number of hydrogen-bond acceptors (Lipinski definition) is 4. The Hall–Kier alpha value is -2.42. The lowest BCUT2D eigenvalue weighted by Gasteiger charge is -2.28. The van der Waals surface area contributed by atoms with Crippen molar-refractivity contribution in [3.63, 3.8) is 0 Å². The molecule has 0 aliphatic rings. The van der Waals surface area contributed by atoms with Crippen molar-refractivity contribution in [2.24, 2.45) is 0 Å². The van der Waals surface area contributed by atoms with E-state index in [1.54, 1.807) is 30.3 Å². The fraction of sp³-hybridized carbons (Fsp3) is 0.250. The first-order chi connectivity index (χ1) is 13.8. The fourth-order valence-corrected chi connectivity index (χ4v) is 4.29. The molecule has 1 N–H and O–H groups in total. The molecule has 0 aromatic heterocycles. The van der Waals surface area contributed by atoms with Gasteiger partial charge < -0.3 is 9.84 Å². The third kappa shape index (κ3) is 6.28. The lowest BCUT2D eigenvalue weighted by Crippen LogP contribution is -2.44. The van der Waals surface area contributed by atoms with E-state index in [0.717, 1.165) is 4.31 Å².